The molecule has 0 aromatic carbocycles. The maximum atomic E-state index is 11.8. The second-order valence-electron chi connectivity index (χ2n) is 4.25. The van der Waals surface area contributed by atoms with E-state index in [-0.39, 0.29) is 17.6 Å². The second-order valence-corrected chi connectivity index (χ2v) is 4.25. The molecule has 0 bridgehead atoms. The van der Waals surface area contributed by atoms with E-state index in [9.17, 15) is 4.79 Å². The van der Waals surface area contributed by atoms with Gasteiger partial charge in [0.25, 0.3) is 5.91 Å². The van der Waals surface area contributed by atoms with Gasteiger partial charge >= 0.3 is 0 Å². The van der Waals surface area contributed by atoms with Crippen LogP contribution < -0.4 is 11.1 Å². The van der Waals surface area contributed by atoms with Crippen molar-refractivity contribution in [3.8, 4) is 0 Å². The molecule has 0 aliphatic rings. The van der Waals surface area contributed by atoms with Crippen molar-refractivity contribution in [2.24, 2.45) is 0 Å². The van der Waals surface area contributed by atoms with Gasteiger partial charge in [-0.1, -0.05) is 0 Å². The molecule has 16 heavy (non-hydrogen) atoms. The van der Waals surface area contributed by atoms with Gasteiger partial charge < -0.3 is 16.0 Å². The van der Waals surface area contributed by atoms with Crippen molar-refractivity contribution in [3.05, 3.63) is 11.4 Å². The van der Waals surface area contributed by atoms with E-state index in [4.69, 9.17) is 5.73 Å². The van der Waals surface area contributed by atoms with Gasteiger partial charge in [0.15, 0.2) is 5.69 Å². The van der Waals surface area contributed by atoms with Crippen LogP contribution in [0.3, 0.4) is 0 Å². The minimum Gasteiger partial charge on any atom is -0.395 e. The fourth-order valence-corrected chi connectivity index (χ4v) is 1.50. The van der Waals surface area contributed by atoms with E-state index in [0.29, 0.717) is 11.4 Å². The second kappa shape index (κ2) is 4.98. The Labute approximate surface area is 95.2 Å². The first kappa shape index (κ1) is 12.5. The zero-order valence-corrected chi connectivity index (χ0v) is 10.2. The SMILES string of the molecule is Cc1[nH]nc(C(=O)NC(C)CN(C)C)c1N. The number of aromatic nitrogens is 2. The van der Waals surface area contributed by atoms with Crippen LogP contribution in [0.5, 0.6) is 0 Å². The molecule has 4 N–H and O–H groups in total. The van der Waals surface area contributed by atoms with Crippen LogP contribution in [0.15, 0.2) is 0 Å². The number of rotatable bonds is 4. The average Bonchev–Trinajstić information content (AvgIpc) is 2.45. The van der Waals surface area contributed by atoms with Crippen molar-refractivity contribution in [2.45, 2.75) is 19.9 Å². The average molecular weight is 225 g/mol. The maximum absolute atomic E-state index is 11.8. The lowest BCUT2D eigenvalue weighted by molar-refractivity contribution is 0.0930. The number of hydrogen-bond donors (Lipinski definition) is 3. The third-order valence-electron chi connectivity index (χ3n) is 2.23. The molecule has 0 radical (unpaired) electrons. The highest BCUT2D eigenvalue weighted by atomic mass is 16.2. The zero-order valence-electron chi connectivity index (χ0n) is 10.2. The lowest BCUT2D eigenvalue weighted by Crippen LogP contribution is -2.39. The summed E-state index contributed by atoms with van der Waals surface area (Å²) in [6, 6.07) is 0.0545. The van der Waals surface area contributed by atoms with Gasteiger partial charge in [-0.15, -0.1) is 0 Å². The predicted molar refractivity (Wildman–Crippen MR) is 63.2 cm³/mol. The molecule has 0 saturated carbocycles. The Kier molecular flexibility index (Phi) is 3.89. The van der Waals surface area contributed by atoms with Gasteiger partial charge in [0, 0.05) is 12.6 Å². The molecular formula is C10H19N5O. The molecule has 90 valence electrons. The molecule has 1 atom stereocenters. The van der Waals surface area contributed by atoms with E-state index in [1.165, 1.54) is 0 Å². The molecule has 1 amide bonds. The van der Waals surface area contributed by atoms with Crippen molar-refractivity contribution in [3.63, 3.8) is 0 Å². The molecule has 0 saturated heterocycles. The van der Waals surface area contributed by atoms with Crippen molar-refractivity contribution < 1.29 is 4.79 Å². The van der Waals surface area contributed by atoms with E-state index in [2.05, 4.69) is 15.5 Å². The van der Waals surface area contributed by atoms with Crippen LogP contribution in [0.1, 0.15) is 23.1 Å². The lowest BCUT2D eigenvalue weighted by Gasteiger charge is -2.17. The summed E-state index contributed by atoms with van der Waals surface area (Å²) in [5, 5.41) is 9.40. The Morgan fingerprint density at radius 3 is 2.69 bits per heavy atom. The largest absolute Gasteiger partial charge is 0.395 e. The summed E-state index contributed by atoms with van der Waals surface area (Å²) in [5.41, 5.74) is 7.11. The summed E-state index contributed by atoms with van der Waals surface area (Å²) in [5.74, 6) is -0.240. The van der Waals surface area contributed by atoms with Gasteiger partial charge in [-0.3, -0.25) is 9.89 Å². The molecule has 6 nitrogen and oxygen atoms in total. The van der Waals surface area contributed by atoms with Crippen molar-refractivity contribution in [2.75, 3.05) is 26.4 Å². The van der Waals surface area contributed by atoms with E-state index in [1.807, 2.05) is 25.9 Å². The highest BCUT2D eigenvalue weighted by Gasteiger charge is 2.17. The van der Waals surface area contributed by atoms with E-state index in [1.54, 1.807) is 6.92 Å². The van der Waals surface area contributed by atoms with Gasteiger partial charge in [0.2, 0.25) is 0 Å². The van der Waals surface area contributed by atoms with Gasteiger partial charge in [-0.25, -0.2) is 0 Å². The molecule has 0 fully saturated rings. The lowest BCUT2D eigenvalue weighted by atomic mass is 10.2. The minimum atomic E-state index is -0.240. The number of nitrogens with one attached hydrogen (secondary N) is 2. The third kappa shape index (κ3) is 2.96. The number of nitrogen functional groups attached to an aromatic ring is 1. The first-order chi connectivity index (χ1) is 7.41. The summed E-state index contributed by atoms with van der Waals surface area (Å²) < 4.78 is 0. The van der Waals surface area contributed by atoms with Crippen LogP contribution in [-0.2, 0) is 0 Å². The molecule has 1 aromatic rings. The number of likely N-dealkylation sites (N-methyl/N-ethyl adjacent to an activating group) is 1. The first-order valence-corrected chi connectivity index (χ1v) is 5.17. The van der Waals surface area contributed by atoms with Crippen molar-refractivity contribution in [1.82, 2.24) is 20.4 Å². The maximum Gasteiger partial charge on any atom is 0.274 e. The highest BCUT2D eigenvalue weighted by Crippen LogP contribution is 2.12. The van der Waals surface area contributed by atoms with Crippen LogP contribution in [0.2, 0.25) is 0 Å². The molecule has 1 aromatic heterocycles. The predicted octanol–water partition coefficient (Wildman–Crippen LogP) is -0.0198. The normalized spacial score (nSPS) is 12.8. The third-order valence-corrected chi connectivity index (χ3v) is 2.23. The molecule has 1 unspecified atom stereocenters. The Bertz CT molecular complexity index is 371. The van der Waals surface area contributed by atoms with Gasteiger partial charge in [-0.2, -0.15) is 5.10 Å². The number of nitrogens with zero attached hydrogens (tertiary/aromatic N) is 2. The Morgan fingerprint density at radius 1 is 1.62 bits per heavy atom. The van der Waals surface area contributed by atoms with Crippen molar-refractivity contribution >= 4 is 11.6 Å². The number of H-pyrrole nitrogens is 1. The highest BCUT2D eigenvalue weighted by molar-refractivity contribution is 5.97. The molecule has 1 rings (SSSR count). The number of aromatic amines is 1. The number of amides is 1. The van der Waals surface area contributed by atoms with Crippen LogP contribution >= 0.6 is 0 Å². The fraction of sp³-hybridized carbons (Fsp3) is 0.600. The van der Waals surface area contributed by atoms with E-state index >= 15 is 0 Å². The van der Waals surface area contributed by atoms with Gasteiger partial charge in [0.05, 0.1) is 11.4 Å². The summed E-state index contributed by atoms with van der Waals surface area (Å²) in [7, 11) is 3.91. The number of aryl methyl sites for hydroxylation is 1. The number of carbonyl (C=O) groups is 1. The topological polar surface area (TPSA) is 87.0 Å². The van der Waals surface area contributed by atoms with Gasteiger partial charge in [0.1, 0.15) is 0 Å². The van der Waals surface area contributed by atoms with Gasteiger partial charge in [-0.05, 0) is 27.9 Å². The molecule has 1 heterocycles. The standard InChI is InChI=1S/C10H19N5O/c1-6(5-15(3)4)12-10(16)9-8(11)7(2)13-14-9/h6H,5,11H2,1-4H3,(H,12,16)(H,13,14). The fourth-order valence-electron chi connectivity index (χ4n) is 1.50. The minimum absolute atomic E-state index is 0.0545. The number of hydrogen-bond acceptors (Lipinski definition) is 4. The Morgan fingerprint density at radius 2 is 2.25 bits per heavy atom. The van der Waals surface area contributed by atoms with Crippen LogP contribution in [0.25, 0.3) is 0 Å². The summed E-state index contributed by atoms with van der Waals surface area (Å²) in [4.78, 5) is 13.8. The summed E-state index contributed by atoms with van der Waals surface area (Å²) in [6.07, 6.45) is 0. The zero-order chi connectivity index (χ0) is 12.3. The van der Waals surface area contributed by atoms with Crippen LogP contribution in [-0.4, -0.2) is 47.7 Å². The van der Waals surface area contributed by atoms with Crippen molar-refractivity contribution in [1.29, 1.82) is 0 Å². The first-order valence-electron chi connectivity index (χ1n) is 5.17. The quantitative estimate of drug-likeness (QED) is 0.672. The number of nitrogens with two attached hydrogens (primary N) is 1. The Hall–Kier alpha value is -1.56. The van der Waals surface area contributed by atoms with E-state index in [0.717, 1.165) is 6.54 Å². The smallest absolute Gasteiger partial charge is 0.274 e. The summed E-state index contributed by atoms with van der Waals surface area (Å²) >= 11 is 0. The monoisotopic (exact) mass is 225 g/mol. The molecule has 0 aliphatic carbocycles. The van der Waals surface area contributed by atoms with Crippen LogP contribution in [0.4, 0.5) is 5.69 Å². The summed E-state index contributed by atoms with van der Waals surface area (Å²) in [6.45, 7) is 4.49. The molecular weight excluding hydrogens is 206 g/mol. The van der Waals surface area contributed by atoms with E-state index < -0.39 is 0 Å². The van der Waals surface area contributed by atoms with Crippen LogP contribution in [0, 0.1) is 6.92 Å². The number of carbonyl (C=O) groups excluding carboxylic acids is 1. The number of anilines is 1. The molecule has 0 aliphatic heterocycles. The molecule has 6 heteroatoms. The molecule has 0 spiro atoms. The Balaban J connectivity index is 2.62.